The topological polar surface area (TPSA) is 40.2 Å². The van der Waals surface area contributed by atoms with E-state index >= 15 is 0 Å². The lowest BCUT2D eigenvalue weighted by molar-refractivity contribution is 0.296. The van der Waals surface area contributed by atoms with Crippen molar-refractivity contribution in [2.24, 2.45) is 0 Å². The van der Waals surface area contributed by atoms with Crippen LogP contribution in [0.25, 0.3) is 0 Å². The zero-order valence-corrected chi connectivity index (χ0v) is 17.6. The molecular weight excluding hydrogens is 308 g/mol. The maximum atomic E-state index is 6.33. The summed E-state index contributed by atoms with van der Waals surface area (Å²) in [6.45, 7) is 18.5. The molecule has 0 aromatic carbocycles. The van der Waals surface area contributed by atoms with Crippen LogP contribution in [-0.2, 0) is 17.1 Å². The molecule has 0 N–H and O–H groups in total. The van der Waals surface area contributed by atoms with Gasteiger partial charge in [-0.05, 0) is 58.4 Å². The van der Waals surface area contributed by atoms with Gasteiger partial charge in [-0.3, -0.25) is 0 Å². The Morgan fingerprint density at radius 3 is 1.63 bits per heavy atom. The molecule has 1 heterocycles. The van der Waals surface area contributed by atoms with Crippen molar-refractivity contribution in [1.29, 1.82) is 0 Å². The number of rotatable bonds is 8. The van der Waals surface area contributed by atoms with Crippen LogP contribution in [0, 0.1) is 0 Å². The lowest BCUT2D eigenvalue weighted by Crippen LogP contribution is -2.50. The van der Waals surface area contributed by atoms with Crippen molar-refractivity contribution < 1.29 is 17.1 Å². The van der Waals surface area contributed by atoms with Gasteiger partial charge in [-0.2, -0.15) is 0 Å². The lowest BCUT2D eigenvalue weighted by Gasteiger charge is -2.33. The van der Waals surface area contributed by atoms with Crippen LogP contribution >= 0.6 is 0 Å². The van der Waals surface area contributed by atoms with Crippen molar-refractivity contribution in [1.82, 2.24) is 0 Å². The number of ether oxygens (including phenoxy) is 1. The molecule has 4 nitrogen and oxygen atoms in total. The summed E-state index contributed by atoms with van der Waals surface area (Å²) in [7, 11) is -6.63. The third kappa shape index (κ3) is 9.29. The van der Waals surface area contributed by atoms with E-state index in [9.17, 15) is 0 Å². The average molecular weight is 338 g/mol. The van der Waals surface area contributed by atoms with Crippen LogP contribution in [0.5, 0.6) is 0 Å². The van der Waals surface area contributed by atoms with Gasteiger partial charge in [0.15, 0.2) is 25.0 Å². The second kappa shape index (κ2) is 6.22. The maximum absolute atomic E-state index is 6.33. The molecule has 1 saturated heterocycles. The van der Waals surface area contributed by atoms with Crippen molar-refractivity contribution in [3.8, 4) is 0 Å². The Morgan fingerprint density at radius 2 is 1.32 bits per heavy atom. The Kier molecular flexibility index (Phi) is 5.81. The van der Waals surface area contributed by atoms with Crippen molar-refractivity contribution in [2.45, 2.75) is 64.5 Å². The van der Waals surface area contributed by atoms with Gasteiger partial charge in [0.1, 0.15) is 0 Å². The van der Waals surface area contributed by atoms with Gasteiger partial charge in [0.05, 0.1) is 12.7 Å². The first-order chi connectivity index (χ1) is 8.36. The minimum atomic E-state index is -1.75. The number of hydrogen-bond donors (Lipinski definition) is 0. The van der Waals surface area contributed by atoms with Gasteiger partial charge in [0.25, 0.3) is 0 Å². The highest BCUT2D eigenvalue weighted by molar-refractivity contribution is 6.83. The van der Waals surface area contributed by atoms with E-state index < -0.39 is 34.5 Å². The molecular formula is C11H29O4Si4. The van der Waals surface area contributed by atoms with E-state index in [4.69, 9.17) is 17.1 Å². The zero-order chi connectivity index (χ0) is 14.9. The Labute approximate surface area is 123 Å². The summed E-state index contributed by atoms with van der Waals surface area (Å²) in [5, 5.41) is 0. The fraction of sp³-hybridized carbons (Fsp3) is 1.00. The Balaban J connectivity index is 2.61. The van der Waals surface area contributed by atoms with Crippen LogP contribution in [0.1, 0.15) is 0 Å². The highest BCUT2D eigenvalue weighted by Crippen LogP contribution is 2.25. The Morgan fingerprint density at radius 1 is 0.895 bits per heavy atom. The summed E-state index contributed by atoms with van der Waals surface area (Å²) in [6.07, 6.45) is 0.420. The van der Waals surface area contributed by atoms with Crippen LogP contribution < -0.4 is 0 Å². The van der Waals surface area contributed by atoms with Gasteiger partial charge >= 0.3 is 9.53 Å². The van der Waals surface area contributed by atoms with Crippen molar-refractivity contribution >= 4 is 34.5 Å². The lowest BCUT2D eigenvalue weighted by atomic mass is 10.6. The highest BCUT2D eigenvalue weighted by atomic mass is 28.5. The Hall–Kier alpha value is 0.708. The van der Waals surface area contributed by atoms with Gasteiger partial charge in [-0.15, -0.1) is 0 Å². The summed E-state index contributed by atoms with van der Waals surface area (Å²) in [5.41, 5.74) is 0. The van der Waals surface area contributed by atoms with Crippen molar-refractivity contribution in [3.05, 3.63) is 0 Å². The van der Waals surface area contributed by atoms with Crippen molar-refractivity contribution in [3.63, 3.8) is 0 Å². The first-order valence-electron chi connectivity index (χ1n) is 6.92. The quantitative estimate of drug-likeness (QED) is 0.503. The normalized spacial score (nSPS) is 21.0. The van der Waals surface area contributed by atoms with E-state index in [1.807, 2.05) is 0 Å². The number of hydrogen-bond acceptors (Lipinski definition) is 4. The predicted molar refractivity (Wildman–Crippen MR) is 87.7 cm³/mol. The molecule has 8 heteroatoms. The highest BCUT2D eigenvalue weighted by Gasteiger charge is 2.41. The molecule has 0 amide bonds. The molecule has 1 aliphatic heterocycles. The van der Waals surface area contributed by atoms with Gasteiger partial charge < -0.3 is 17.1 Å². The standard InChI is InChI=1S/C11H29O4Si4/c1-17(2,3)13-16(14-18(4,5)6)15-19(7,8)10-11-9-12-11/h11H,9-10H2,1-8H3. The monoisotopic (exact) mass is 337 g/mol. The minimum Gasteiger partial charge on any atom is -0.415 e. The molecule has 113 valence electrons. The molecule has 1 atom stereocenters. The molecule has 1 aliphatic rings. The van der Waals surface area contributed by atoms with E-state index in [2.05, 4.69) is 52.4 Å². The summed E-state index contributed by atoms with van der Waals surface area (Å²) in [5.74, 6) is 0. The van der Waals surface area contributed by atoms with Gasteiger partial charge in [0, 0.05) is 0 Å². The van der Waals surface area contributed by atoms with E-state index in [1.165, 1.54) is 0 Å². The van der Waals surface area contributed by atoms with Gasteiger partial charge in [-0.25, -0.2) is 0 Å². The Bertz CT molecular complexity index is 278. The van der Waals surface area contributed by atoms with Crippen LogP contribution in [0.15, 0.2) is 0 Å². The summed E-state index contributed by atoms with van der Waals surface area (Å²) in [6, 6.07) is 1.05. The molecule has 0 aromatic heterocycles. The molecule has 19 heavy (non-hydrogen) atoms. The summed E-state index contributed by atoms with van der Waals surface area (Å²) in [4.78, 5) is 0. The van der Waals surface area contributed by atoms with Crippen LogP contribution in [0.4, 0.5) is 0 Å². The third-order valence-corrected chi connectivity index (χ3v) is 12.8. The molecule has 0 spiro atoms. The van der Waals surface area contributed by atoms with Crippen molar-refractivity contribution in [2.75, 3.05) is 6.61 Å². The zero-order valence-electron chi connectivity index (χ0n) is 13.6. The smallest absolute Gasteiger partial charge is 0.415 e. The first-order valence-corrected chi connectivity index (χ1v) is 18.1. The van der Waals surface area contributed by atoms with E-state index in [0.717, 1.165) is 12.7 Å². The average Bonchev–Trinajstić information content (AvgIpc) is 2.77. The molecule has 1 rings (SSSR count). The fourth-order valence-corrected chi connectivity index (χ4v) is 10.7. The molecule has 0 bridgehead atoms. The minimum absolute atomic E-state index is 0.420. The second-order valence-corrected chi connectivity index (χ2v) is 23.0. The maximum Gasteiger partial charge on any atom is 0.544 e. The van der Waals surface area contributed by atoms with Crippen LogP contribution in [-0.4, -0.2) is 47.2 Å². The van der Waals surface area contributed by atoms with E-state index in [-0.39, 0.29) is 0 Å². The molecule has 1 radical (unpaired) electrons. The van der Waals surface area contributed by atoms with Crippen LogP contribution in [0.3, 0.4) is 0 Å². The molecule has 0 aromatic rings. The fourth-order valence-electron chi connectivity index (χ4n) is 1.56. The molecule has 1 unspecified atom stereocenters. The third-order valence-electron chi connectivity index (χ3n) is 2.26. The van der Waals surface area contributed by atoms with Gasteiger partial charge in [-0.1, -0.05) is 0 Å². The molecule has 0 aliphatic carbocycles. The summed E-state index contributed by atoms with van der Waals surface area (Å²) >= 11 is 0. The second-order valence-electron chi connectivity index (χ2n) is 7.70. The van der Waals surface area contributed by atoms with Gasteiger partial charge in [0.2, 0.25) is 0 Å². The number of epoxide rings is 1. The molecule has 0 saturated carbocycles. The SMILES string of the molecule is C[Si](C)(C)O[Si](O[Si](C)(C)C)O[Si](C)(C)CC1CO1. The van der Waals surface area contributed by atoms with Crippen LogP contribution in [0.2, 0.25) is 58.4 Å². The van der Waals surface area contributed by atoms with E-state index in [1.54, 1.807) is 0 Å². The van der Waals surface area contributed by atoms with E-state index in [0.29, 0.717) is 6.10 Å². The largest absolute Gasteiger partial charge is 0.544 e. The predicted octanol–water partition coefficient (Wildman–Crippen LogP) is 3.29. The first kappa shape index (κ1) is 17.8. The summed E-state index contributed by atoms with van der Waals surface area (Å²) < 4.78 is 24.0. The molecule has 1 fully saturated rings.